The summed E-state index contributed by atoms with van der Waals surface area (Å²) in [5, 5.41) is 7.71. The van der Waals surface area contributed by atoms with Crippen LogP contribution in [-0.2, 0) is 11.8 Å². The molecule has 0 aliphatic rings. The van der Waals surface area contributed by atoms with Gasteiger partial charge in [0.25, 0.3) is 0 Å². The molecule has 0 bridgehead atoms. The predicted molar refractivity (Wildman–Crippen MR) is 88.9 cm³/mol. The van der Waals surface area contributed by atoms with Crippen molar-refractivity contribution in [1.82, 2.24) is 29.5 Å². The molecule has 132 valence electrons. The predicted octanol–water partition coefficient (Wildman–Crippen LogP) is 3.05. The number of pyridine rings is 1. The van der Waals surface area contributed by atoms with Crippen LogP contribution in [0.1, 0.15) is 18.2 Å². The van der Waals surface area contributed by atoms with Crippen LogP contribution in [0.3, 0.4) is 0 Å². The normalized spacial score (nSPS) is 12.7. The van der Waals surface area contributed by atoms with Crippen LogP contribution in [0.5, 0.6) is 0 Å². The number of nitrogens with zero attached hydrogens (tertiary/aromatic N) is 6. The maximum Gasteiger partial charge on any atom is 0.345 e. The Labute approximate surface area is 150 Å². The maximum absolute atomic E-state index is 12.3. The van der Waals surface area contributed by atoms with E-state index in [0.29, 0.717) is 12.1 Å². The number of rotatable bonds is 7. The van der Waals surface area contributed by atoms with Gasteiger partial charge in [0.15, 0.2) is 0 Å². The van der Waals surface area contributed by atoms with Gasteiger partial charge in [-0.25, -0.2) is 9.67 Å². The van der Waals surface area contributed by atoms with E-state index >= 15 is 0 Å². The highest BCUT2D eigenvalue weighted by atomic mass is 79.9. The van der Waals surface area contributed by atoms with Crippen LogP contribution < -0.4 is 0 Å². The van der Waals surface area contributed by atoms with Gasteiger partial charge >= 0.3 is 6.61 Å². The Bertz CT molecular complexity index is 820. The van der Waals surface area contributed by atoms with E-state index in [9.17, 15) is 8.78 Å². The van der Waals surface area contributed by atoms with Gasteiger partial charge in [0.2, 0.25) is 0 Å². The minimum absolute atomic E-state index is 0.0964. The molecule has 0 aliphatic carbocycles. The fraction of sp³-hybridized carbons (Fsp3) is 0.333. The van der Waals surface area contributed by atoms with Gasteiger partial charge in [-0.15, -0.1) is 5.10 Å². The van der Waals surface area contributed by atoms with Gasteiger partial charge < -0.3 is 9.30 Å². The van der Waals surface area contributed by atoms with E-state index in [-0.39, 0.29) is 12.6 Å². The minimum atomic E-state index is -2.79. The van der Waals surface area contributed by atoms with Gasteiger partial charge in [0, 0.05) is 23.9 Å². The third-order valence-electron chi connectivity index (χ3n) is 3.67. The van der Waals surface area contributed by atoms with E-state index in [0.717, 1.165) is 15.9 Å². The van der Waals surface area contributed by atoms with Gasteiger partial charge in [0.05, 0.1) is 30.9 Å². The second kappa shape index (κ2) is 7.79. The fourth-order valence-electron chi connectivity index (χ4n) is 2.46. The molecule has 7 nitrogen and oxygen atoms in total. The van der Waals surface area contributed by atoms with Gasteiger partial charge in [-0.05, 0) is 34.5 Å². The summed E-state index contributed by atoms with van der Waals surface area (Å²) in [4.78, 5) is 8.74. The lowest BCUT2D eigenvalue weighted by atomic mass is 10.1. The van der Waals surface area contributed by atoms with E-state index < -0.39 is 6.61 Å². The molecular formula is C15H15BrF2N6O. The average molecular weight is 413 g/mol. The van der Waals surface area contributed by atoms with Crippen LogP contribution in [0.4, 0.5) is 8.78 Å². The third-order valence-corrected chi connectivity index (χ3v) is 4.13. The molecule has 0 N–H and O–H groups in total. The smallest absolute Gasteiger partial charge is 0.328 e. The van der Waals surface area contributed by atoms with Crippen molar-refractivity contribution >= 4 is 15.9 Å². The van der Waals surface area contributed by atoms with Gasteiger partial charge in [-0.2, -0.15) is 8.78 Å². The molecule has 10 heteroatoms. The highest BCUT2D eigenvalue weighted by molar-refractivity contribution is 9.10. The molecule has 1 atom stereocenters. The first kappa shape index (κ1) is 17.6. The Kier molecular flexibility index (Phi) is 5.49. The van der Waals surface area contributed by atoms with Crippen LogP contribution in [-0.4, -0.2) is 42.7 Å². The minimum Gasteiger partial charge on any atom is -0.328 e. The number of ether oxygens (including phenoxy) is 1. The first-order valence-electron chi connectivity index (χ1n) is 7.44. The van der Waals surface area contributed by atoms with Crippen LogP contribution in [0.15, 0.2) is 41.5 Å². The summed E-state index contributed by atoms with van der Waals surface area (Å²) in [6, 6.07) is 3.41. The Morgan fingerprint density at radius 3 is 2.72 bits per heavy atom. The van der Waals surface area contributed by atoms with Crippen molar-refractivity contribution in [2.24, 2.45) is 7.05 Å². The molecule has 3 aromatic heterocycles. The van der Waals surface area contributed by atoms with Crippen LogP contribution >= 0.6 is 15.9 Å². The molecule has 0 aromatic carbocycles. The molecule has 1 unspecified atom stereocenters. The number of alkyl halides is 2. The summed E-state index contributed by atoms with van der Waals surface area (Å²) in [6.45, 7) is -2.89. The van der Waals surface area contributed by atoms with Crippen molar-refractivity contribution in [3.8, 4) is 11.4 Å². The van der Waals surface area contributed by atoms with Crippen molar-refractivity contribution < 1.29 is 13.5 Å². The number of imidazole rings is 1. The number of hydrogen-bond donors (Lipinski definition) is 0. The molecule has 3 heterocycles. The van der Waals surface area contributed by atoms with Gasteiger partial charge in [-0.3, -0.25) is 4.98 Å². The standard InChI is InChI=1S/C15H15BrF2N6O/c1-23-14(7-21-22-23)12-8-24(9-20-12)13(4-5-25-15(17)18)11-3-2-10(16)6-19-11/h2-3,6-9,13,15H,4-5H2,1H3. The monoisotopic (exact) mass is 412 g/mol. The highest BCUT2D eigenvalue weighted by Gasteiger charge is 2.18. The molecule has 0 fully saturated rings. The Balaban J connectivity index is 1.87. The van der Waals surface area contributed by atoms with E-state index in [2.05, 4.69) is 40.9 Å². The number of halogens is 3. The van der Waals surface area contributed by atoms with Crippen molar-refractivity contribution in [1.29, 1.82) is 0 Å². The summed E-state index contributed by atoms with van der Waals surface area (Å²) >= 11 is 3.34. The van der Waals surface area contributed by atoms with Crippen molar-refractivity contribution in [2.45, 2.75) is 19.1 Å². The number of aryl methyl sites for hydroxylation is 1. The lowest BCUT2D eigenvalue weighted by Crippen LogP contribution is -2.14. The molecule has 0 aliphatic heterocycles. The maximum atomic E-state index is 12.3. The molecule has 3 rings (SSSR count). The topological polar surface area (TPSA) is 70.7 Å². The Morgan fingerprint density at radius 2 is 2.08 bits per heavy atom. The second-order valence-electron chi connectivity index (χ2n) is 5.29. The first-order chi connectivity index (χ1) is 12.0. The summed E-state index contributed by atoms with van der Waals surface area (Å²) < 4.78 is 33.3. The first-order valence-corrected chi connectivity index (χ1v) is 8.23. The quantitative estimate of drug-likeness (QED) is 0.596. The highest BCUT2D eigenvalue weighted by Crippen LogP contribution is 2.25. The summed E-state index contributed by atoms with van der Waals surface area (Å²) in [5.74, 6) is 0. The van der Waals surface area contributed by atoms with E-state index in [1.807, 2.05) is 22.9 Å². The lowest BCUT2D eigenvalue weighted by Gasteiger charge is -2.18. The molecular weight excluding hydrogens is 398 g/mol. The largest absolute Gasteiger partial charge is 0.345 e. The molecule has 0 radical (unpaired) electrons. The number of hydrogen-bond acceptors (Lipinski definition) is 5. The average Bonchev–Trinajstić information content (AvgIpc) is 3.21. The van der Waals surface area contributed by atoms with Crippen molar-refractivity contribution in [3.05, 3.63) is 47.2 Å². The van der Waals surface area contributed by atoms with Crippen LogP contribution in [0.2, 0.25) is 0 Å². The van der Waals surface area contributed by atoms with Crippen molar-refractivity contribution in [2.75, 3.05) is 6.61 Å². The summed E-state index contributed by atoms with van der Waals surface area (Å²) in [7, 11) is 1.77. The fourth-order valence-corrected chi connectivity index (χ4v) is 2.70. The van der Waals surface area contributed by atoms with E-state index in [1.165, 1.54) is 0 Å². The second-order valence-corrected chi connectivity index (χ2v) is 6.20. The van der Waals surface area contributed by atoms with Crippen molar-refractivity contribution in [3.63, 3.8) is 0 Å². The number of aromatic nitrogens is 6. The summed E-state index contributed by atoms with van der Waals surface area (Å²) in [6.07, 6.45) is 7.06. The zero-order valence-electron chi connectivity index (χ0n) is 13.3. The third kappa shape index (κ3) is 4.26. The zero-order valence-corrected chi connectivity index (χ0v) is 14.8. The van der Waals surface area contributed by atoms with Crippen LogP contribution in [0.25, 0.3) is 11.4 Å². The molecule has 0 saturated heterocycles. The lowest BCUT2D eigenvalue weighted by molar-refractivity contribution is -0.130. The molecule has 0 saturated carbocycles. The summed E-state index contributed by atoms with van der Waals surface area (Å²) in [5.41, 5.74) is 2.17. The zero-order chi connectivity index (χ0) is 17.8. The molecule has 0 amide bonds. The van der Waals surface area contributed by atoms with E-state index in [1.54, 1.807) is 30.5 Å². The van der Waals surface area contributed by atoms with Gasteiger partial charge in [-0.1, -0.05) is 5.21 Å². The van der Waals surface area contributed by atoms with E-state index in [4.69, 9.17) is 0 Å². The molecule has 3 aromatic rings. The van der Waals surface area contributed by atoms with Gasteiger partial charge in [0.1, 0.15) is 11.4 Å². The Morgan fingerprint density at radius 1 is 1.24 bits per heavy atom. The molecule has 25 heavy (non-hydrogen) atoms. The van der Waals surface area contributed by atoms with Crippen LogP contribution in [0, 0.1) is 0 Å². The molecule has 0 spiro atoms. The SMILES string of the molecule is Cn1nncc1-c1cn(C(CCOC(F)F)c2ccc(Br)cn2)cn1. The Hall–Kier alpha value is -2.20.